The van der Waals surface area contributed by atoms with Gasteiger partial charge in [0.15, 0.2) is 0 Å². The van der Waals surface area contributed by atoms with Crippen LogP contribution in [-0.4, -0.2) is 11.8 Å². The molecule has 0 amide bonds. The molecule has 0 N–H and O–H groups in total. The van der Waals surface area contributed by atoms with Crippen LogP contribution in [0, 0.1) is 0 Å². The molecule has 3 rings (SSSR count). The first kappa shape index (κ1) is 12.9. The number of benzene rings is 3. The maximum absolute atomic E-state index is 11.2. The second-order valence-electron chi connectivity index (χ2n) is 4.60. The molecule has 0 aliphatic rings. The summed E-state index contributed by atoms with van der Waals surface area (Å²) in [7, 11) is 0. The molecule has 0 saturated carbocycles. The monoisotopic (exact) mass is 284 g/mol. The number of hydrogen-bond acceptors (Lipinski definition) is 2. The van der Waals surface area contributed by atoms with Crippen LogP contribution in [0.5, 0.6) is 0 Å². The van der Waals surface area contributed by atoms with Crippen LogP contribution >= 0.6 is 11.6 Å². The van der Waals surface area contributed by atoms with E-state index in [1.54, 1.807) is 0 Å². The fourth-order valence-corrected chi connectivity index (χ4v) is 2.53. The molecule has 3 heteroatoms. The van der Waals surface area contributed by atoms with Gasteiger partial charge in [-0.3, -0.25) is 4.79 Å². The van der Waals surface area contributed by atoms with E-state index in [0.29, 0.717) is 0 Å². The van der Waals surface area contributed by atoms with Gasteiger partial charge in [-0.15, -0.1) is 11.6 Å². The van der Waals surface area contributed by atoms with Gasteiger partial charge in [0.05, 0.1) is 0 Å². The highest BCUT2D eigenvalue weighted by Crippen LogP contribution is 2.29. The molecule has 100 valence electrons. The van der Waals surface area contributed by atoms with Crippen LogP contribution < -0.4 is 0 Å². The highest BCUT2D eigenvalue weighted by atomic mass is 35.5. The Kier molecular flexibility index (Phi) is 3.57. The van der Waals surface area contributed by atoms with Gasteiger partial charge >= 0.3 is 5.97 Å². The Balaban J connectivity index is 2.16. The summed E-state index contributed by atoms with van der Waals surface area (Å²) >= 11 is 5.46. The average Bonchev–Trinajstić information content (AvgIpc) is 2.52. The summed E-state index contributed by atoms with van der Waals surface area (Å²) in [5, 5.41) is 4.62. The SMILES string of the molecule is O=C(CCl)OCc1cc2ccccc2c2ccccc12. The molecule has 3 aromatic rings. The van der Waals surface area contributed by atoms with E-state index in [1.165, 1.54) is 10.8 Å². The summed E-state index contributed by atoms with van der Waals surface area (Å²) in [4.78, 5) is 11.2. The zero-order chi connectivity index (χ0) is 13.9. The molecule has 0 bridgehead atoms. The lowest BCUT2D eigenvalue weighted by atomic mass is 9.98. The normalized spacial score (nSPS) is 10.8. The minimum atomic E-state index is -0.399. The number of fused-ring (bicyclic) bond motifs is 3. The molecule has 0 aromatic heterocycles. The van der Waals surface area contributed by atoms with E-state index in [2.05, 4.69) is 24.3 Å². The van der Waals surface area contributed by atoms with Crippen LogP contribution in [0.2, 0.25) is 0 Å². The Hall–Kier alpha value is -2.06. The molecule has 20 heavy (non-hydrogen) atoms. The van der Waals surface area contributed by atoms with Gasteiger partial charge in [0.25, 0.3) is 0 Å². The Morgan fingerprint density at radius 3 is 2.35 bits per heavy atom. The third-order valence-electron chi connectivity index (χ3n) is 3.35. The molecule has 0 heterocycles. The van der Waals surface area contributed by atoms with Crippen molar-refractivity contribution in [3.8, 4) is 0 Å². The zero-order valence-corrected chi connectivity index (χ0v) is 11.6. The third kappa shape index (κ3) is 2.35. The van der Waals surface area contributed by atoms with E-state index in [-0.39, 0.29) is 12.5 Å². The van der Waals surface area contributed by atoms with Gasteiger partial charge in [0.2, 0.25) is 0 Å². The number of rotatable bonds is 3. The largest absolute Gasteiger partial charge is 0.460 e. The van der Waals surface area contributed by atoms with Gasteiger partial charge in [-0.25, -0.2) is 0 Å². The summed E-state index contributed by atoms with van der Waals surface area (Å²) < 4.78 is 5.16. The van der Waals surface area contributed by atoms with Gasteiger partial charge in [0, 0.05) is 0 Å². The van der Waals surface area contributed by atoms with Crippen LogP contribution in [0.1, 0.15) is 5.56 Å². The molecule has 0 aliphatic heterocycles. The Bertz CT molecular complexity index is 780. The van der Waals surface area contributed by atoms with Crippen molar-refractivity contribution in [1.29, 1.82) is 0 Å². The molecule has 0 aliphatic carbocycles. The van der Waals surface area contributed by atoms with Crippen LogP contribution in [0.25, 0.3) is 21.5 Å². The van der Waals surface area contributed by atoms with Crippen LogP contribution in [0.15, 0.2) is 54.6 Å². The molecule has 0 fully saturated rings. The molecule has 0 atom stereocenters. The number of esters is 1. The standard InChI is InChI=1S/C17H13ClO2/c18-10-17(19)20-11-13-9-12-5-1-2-6-14(12)16-8-4-3-7-15(13)16/h1-9H,10-11H2. The van der Waals surface area contributed by atoms with Crippen molar-refractivity contribution in [3.05, 3.63) is 60.2 Å². The summed E-state index contributed by atoms with van der Waals surface area (Å²) in [6.45, 7) is 0.247. The second-order valence-corrected chi connectivity index (χ2v) is 4.86. The molecular formula is C17H13ClO2. The number of ether oxygens (including phenoxy) is 1. The van der Waals surface area contributed by atoms with Gasteiger partial charge in [-0.05, 0) is 33.2 Å². The van der Waals surface area contributed by atoms with Gasteiger partial charge in [-0.1, -0.05) is 48.5 Å². The zero-order valence-electron chi connectivity index (χ0n) is 10.8. The van der Waals surface area contributed by atoms with E-state index < -0.39 is 5.97 Å². The lowest BCUT2D eigenvalue weighted by Crippen LogP contribution is -2.05. The van der Waals surface area contributed by atoms with Crippen LogP contribution in [0.4, 0.5) is 0 Å². The number of halogens is 1. The maximum atomic E-state index is 11.2. The van der Waals surface area contributed by atoms with Crippen LogP contribution in [-0.2, 0) is 16.1 Å². The quantitative estimate of drug-likeness (QED) is 0.408. The molecule has 3 aromatic carbocycles. The van der Waals surface area contributed by atoms with Crippen molar-refractivity contribution in [3.63, 3.8) is 0 Å². The Morgan fingerprint density at radius 2 is 1.60 bits per heavy atom. The number of carbonyl (C=O) groups excluding carboxylic acids is 1. The maximum Gasteiger partial charge on any atom is 0.321 e. The topological polar surface area (TPSA) is 26.3 Å². The molecule has 2 nitrogen and oxygen atoms in total. The van der Waals surface area contributed by atoms with E-state index >= 15 is 0 Å². The summed E-state index contributed by atoms with van der Waals surface area (Å²) in [6, 6.07) is 18.4. The fraction of sp³-hybridized carbons (Fsp3) is 0.118. The predicted molar refractivity (Wildman–Crippen MR) is 82.0 cm³/mol. The van der Waals surface area contributed by atoms with Crippen molar-refractivity contribution in [2.24, 2.45) is 0 Å². The van der Waals surface area contributed by atoms with E-state index in [9.17, 15) is 4.79 Å². The Morgan fingerprint density at radius 1 is 0.950 bits per heavy atom. The van der Waals surface area contributed by atoms with Crippen molar-refractivity contribution >= 4 is 39.1 Å². The van der Waals surface area contributed by atoms with Crippen molar-refractivity contribution < 1.29 is 9.53 Å². The van der Waals surface area contributed by atoms with Crippen molar-refractivity contribution in [2.45, 2.75) is 6.61 Å². The number of alkyl halides is 1. The van der Waals surface area contributed by atoms with Gasteiger partial charge in [0.1, 0.15) is 12.5 Å². The molecule has 0 unspecified atom stereocenters. The van der Waals surface area contributed by atoms with Crippen molar-refractivity contribution in [2.75, 3.05) is 5.88 Å². The first-order valence-corrected chi connectivity index (χ1v) is 6.94. The van der Waals surface area contributed by atoms with E-state index in [1.807, 2.05) is 30.3 Å². The first-order valence-electron chi connectivity index (χ1n) is 6.40. The highest BCUT2D eigenvalue weighted by molar-refractivity contribution is 6.26. The predicted octanol–water partition coefficient (Wildman–Crippen LogP) is 4.28. The van der Waals surface area contributed by atoms with E-state index in [0.717, 1.165) is 16.3 Å². The average molecular weight is 285 g/mol. The van der Waals surface area contributed by atoms with Crippen molar-refractivity contribution in [1.82, 2.24) is 0 Å². The minimum Gasteiger partial charge on any atom is -0.460 e. The molecule has 0 spiro atoms. The number of hydrogen-bond donors (Lipinski definition) is 0. The minimum absolute atomic E-state index is 0.120. The third-order valence-corrected chi connectivity index (χ3v) is 3.57. The Labute approximate surface area is 121 Å². The van der Waals surface area contributed by atoms with Gasteiger partial charge in [-0.2, -0.15) is 0 Å². The number of carbonyl (C=O) groups is 1. The lowest BCUT2D eigenvalue weighted by Gasteiger charge is -2.10. The highest BCUT2D eigenvalue weighted by Gasteiger charge is 2.08. The molecule has 0 saturated heterocycles. The van der Waals surface area contributed by atoms with Gasteiger partial charge < -0.3 is 4.74 Å². The van der Waals surface area contributed by atoms with Crippen LogP contribution in [0.3, 0.4) is 0 Å². The first-order chi connectivity index (χ1) is 9.79. The summed E-state index contributed by atoms with van der Waals surface area (Å²) in [5.41, 5.74) is 0.998. The second kappa shape index (κ2) is 5.51. The molecule has 0 radical (unpaired) electrons. The smallest absolute Gasteiger partial charge is 0.321 e. The summed E-state index contributed by atoms with van der Waals surface area (Å²) in [5.74, 6) is -0.519. The van der Waals surface area contributed by atoms with E-state index in [4.69, 9.17) is 16.3 Å². The lowest BCUT2D eigenvalue weighted by molar-refractivity contribution is -0.141. The molecular weight excluding hydrogens is 272 g/mol. The summed E-state index contributed by atoms with van der Waals surface area (Å²) in [6.07, 6.45) is 0. The fourth-order valence-electron chi connectivity index (χ4n) is 2.45.